The summed E-state index contributed by atoms with van der Waals surface area (Å²) in [5.41, 5.74) is 2.97. The molecule has 0 aromatic heterocycles. The SMILES string of the molecule is CC(Br)c1ccc(-c2ccccc2)c(C(=O)O)c1. The summed E-state index contributed by atoms with van der Waals surface area (Å²) in [6.45, 7) is 1.98. The van der Waals surface area contributed by atoms with Crippen molar-refractivity contribution in [1.82, 2.24) is 0 Å². The second kappa shape index (κ2) is 5.36. The lowest BCUT2D eigenvalue weighted by atomic mass is 9.97. The molecule has 0 bridgehead atoms. The maximum absolute atomic E-state index is 11.4. The Morgan fingerprint density at radius 1 is 1.17 bits per heavy atom. The molecule has 0 amide bonds. The van der Waals surface area contributed by atoms with Gasteiger partial charge in [-0.05, 0) is 29.7 Å². The standard InChI is InChI=1S/C15H13BrO2/c1-10(16)12-7-8-13(14(9-12)15(17)18)11-5-3-2-4-6-11/h2-10H,1H3,(H,17,18). The minimum atomic E-state index is -0.899. The highest BCUT2D eigenvalue weighted by atomic mass is 79.9. The normalized spacial score (nSPS) is 12.1. The van der Waals surface area contributed by atoms with Crippen LogP contribution in [0.2, 0.25) is 0 Å². The summed E-state index contributed by atoms with van der Waals surface area (Å²) in [6, 6.07) is 15.1. The van der Waals surface area contributed by atoms with Gasteiger partial charge in [-0.2, -0.15) is 0 Å². The second-order valence-electron chi connectivity index (χ2n) is 4.09. The third kappa shape index (κ3) is 2.62. The van der Waals surface area contributed by atoms with Crippen molar-refractivity contribution in [3.63, 3.8) is 0 Å². The van der Waals surface area contributed by atoms with Crippen molar-refractivity contribution >= 4 is 21.9 Å². The summed E-state index contributed by atoms with van der Waals surface area (Å²) < 4.78 is 0. The van der Waals surface area contributed by atoms with E-state index < -0.39 is 5.97 Å². The molecule has 0 fully saturated rings. The summed E-state index contributed by atoms with van der Waals surface area (Å²) in [5, 5.41) is 9.32. The van der Waals surface area contributed by atoms with Gasteiger partial charge < -0.3 is 5.11 Å². The van der Waals surface area contributed by atoms with Crippen LogP contribution >= 0.6 is 15.9 Å². The number of hydrogen-bond acceptors (Lipinski definition) is 1. The molecule has 0 saturated carbocycles. The van der Waals surface area contributed by atoms with Crippen molar-refractivity contribution in [1.29, 1.82) is 0 Å². The van der Waals surface area contributed by atoms with E-state index in [4.69, 9.17) is 0 Å². The molecule has 2 aromatic rings. The summed E-state index contributed by atoms with van der Waals surface area (Å²) in [6.07, 6.45) is 0. The fourth-order valence-electron chi connectivity index (χ4n) is 1.86. The zero-order chi connectivity index (χ0) is 13.1. The highest BCUT2D eigenvalue weighted by Gasteiger charge is 2.13. The first-order chi connectivity index (χ1) is 8.59. The molecule has 1 unspecified atom stereocenters. The lowest BCUT2D eigenvalue weighted by Crippen LogP contribution is -2.01. The predicted molar refractivity (Wildman–Crippen MR) is 76.2 cm³/mol. The molecule has 0 aliphatic heterocycles. The Balaban J connectivity index is 2.58. The smallest absolute Gasteiger partial charge is 0.336 e. The van der Waals surface area contributed by atoms with Gasteiger partial charge in [0.1, 0.15) is 0 Å². The number of carbonyl (C=O) groups is 1. The highest BCUT2D eigenvalue weighted by Crippen LogP contribution is 2.29. The van der Waals surface area contributed by atoms with E-state index in [1.165, 1.54) is 0 Å². The van der Waals surface area contributed by atoms with E-state index in [1.807, 2.05) is 49.4 Å². The third-order valence-electron chi connectivity index (χ3n) is 2.82. The van der Waals surface area contributed by atoms with Crippen LogP contribution in [-0.2, 0) is 0 Å². The van der Waals surface area contributed by atoms with Crippen LogP contribution in [0.5, 0.6) is 0 Å². The summed E-state index contributed by atoms with van der Waals surface area (Å²) in [5.74, 6) is -0.899. The van der Waals surface area contributed by atoms with Gasteiger partial charge in [0, 0.05) is 4.83 Å². The molecular weight excluding hydrogens is 292 g/mol. The summed E-state index contributed by atoms with van der Waals surface area (Å²) in [7, 11) is 0. The number of rotatable bonds is 3. The quantitative estimate of drug-likeness (QED) is 0.847. The van der Waals surface area contributed by atoms with E-state index in [0.717, 1.165) is 16.7 Å². The zero-order valence-electron chi connectivity index (χ0n) is 9.93. The number of carboxylic acids is 1. The van der Waals surface area contributed by atoms with Crippen LogP contribution in [-0.4, -0.2) is 11.1 Å². The predicted octanol–water partition coefficient (Wildman–Crippen LogP) is 4.51. The topological polar surface area (TPSA) is 37.3 Å². The van der Waals surface area contributed by atoms with Gasteiger partial charge in [-0.3, -0.25) is 0 Å². The fourth-order valence-corrected chi connectivity index (χ4v) is 2.14. The Hall–Kier alpha value is -1.61. The first kappa shape index (κ1) is 12.8. The molecule has 0 aliphatic rings. The Bertz CT molecular complexity index is 562. The first-order valence-electron chi connectivity index (χ1n) is 5.66. The van der Waals surface area contributed by atoms with Crippen LogP contribution in [0.25, 0.3) is 11.1 Å². The molecule has 0 aliphatic carbocycles. The molecule has 2 nitrogen and oxygen atoms in total. The Morgan fingerprint density at radius 3 is 2.39 bits per heavy atom. The van der Waals surface area contributed by atoms with Gasteiger partial charge in [-0.15, -0.1) is 0 Å². The number of halogens is 1. The molecule has 0 heterocycles. The maximum atomic E-state index is 11.4. The number of alkyl halides is 1. The minimum absolute atomic E-state index is 0.139. The first-order valence-corrected chi connectivity index (χ1v) is 6.58. The molecule has 92 valence electrons. The zero-order valence-corrected chi connectivity index (χ0v) is 11.5. The van der Waals surface area contributed by atoms with Crippen LogP contribution < -0.4 is 0 Å². The van der Waals surface area contributed by atoms with Gasteiger partial charge in [0.2, 0.25) is 0 Å². The molecule has 0 saturated heterocycles. The van der Waals surface area contributed by atoms with Crippen molar-refractivity contribution in [2.75, 3.05) is 0 Å². The maximum Gasteiger partial charge on any atom is 0.336 e. The highest BCUT2D eigenvalue weighted by molar-refractivity contribution is 9.09. The van der Waals surface area contributed by atoms with E-state index in [-0.39, 0.29) is 4.83 Å². The molecule has 1 N–H and O–H groups in total. The monoisotopic (exact) mass is 304 g/mol. The second-order valence-corrected chi connectivity index (χ2v) is 5.47. The van der Waals surface area contributed by atoms with Crippen LogP contribution in [0.4, 0.5) is 0 Å². The van der Waals surface area contributed by atoms with E-state index >= 15 is 0 Å². The molecule has 2 aromatic carbocycles. The summed E-state index contributed by atoms with van der Waals surface area (Å²) >= 11 is 3.45. The Morgan fingerprint density at radius 2 is 1.83 bits per heavy atom. The van der Waals surface area contributed by atoms with Gasteiger partial charge in [0.15, 0.2) is 0 Å². The molecule has 0 radical (unpaired) electrons. The Labute approximate surface area is 114 Å². The lowest BCUT2D eigenvalue weighted by Gasteiger charge is -2.10. The average Bonchev–Trinajstić information content (AvgIpc) is 2.39. The number of aromatic carboxylic acids is 1. The number of hydrogen-bond donors (Lipinski definition) is 1. The molecule has 0 spiro atoms. The molecule has 2 rings (SSSR count). The van der Waals surface area contributed by atoms with Crippen LogP contribution in [0.1, 0.15) is 27.7 Å². The van der Waals surface area contributed by atoms with Crippen molar-refractivity contribution in [2.45, 2.75) is 11.8 Å². The van der Waals surface area contributed by atoms with Gasteiger partial charge in [0.25, 0.3) is 0 Å². The van der Waals surface area contributed by atoms with Crippen LogP contribution in [0, 0.1) is 0 Å². The van der Waals surface area contributed by atoms with Crippen molar-refractivity contribution in [3.05, 3.63) is 59.7 Å². The van der Waals surface area contributed by atoms with Crippen molar-refractivity contribution < 1.29 is 9.90 Å². The van der Waals surface area contributed by atoms with E-state index in [0.29, 0.717) is 5.56 Å². The van der Waals surface area contributed by atoms with Crippen molar-refractivity contribution in [2.24, 2.45) is 0 Å². The minimum Gasteiger partial charge on any atom is -0.478 e. The van der Waals surface area contributed by atoms with Gasteiger partial charge in [0.05, 0.1) is 5.56 Å². The Kier molecular flexibility index (Phi) is 3.82. The van der Waals surface area contributed by atoms with Crippen LogP contribution in [0.15, 0.2) is 48.5 Å². The molecular formula is C15H13BrO2. The number of carboxylic acid groups (broad SMARTS) is 1. The van der Waals surface area contributed by atoms with Gasteiger partial charge in [-0.1, -0.05) is 58.4 Å². The largest absolute Gasteiger partial charge is 0.478 e. The molecule has 3 heteroatoms. The number of benzene rings is 2. The van der Waals surface area contributed by atoms with Gasteiger partial charge >= 0.3 is 5.97 Å². The third-order valence-corrected chi connectivity index (χ3v) is 3.35. The lowest BCUT2D eigenvalue weighted by molar-refractivity contribution is 0.0697. The van der Waals surface area contributed by atoms with E-state index in [9.17, 15) is 9.90 Å². The van der Waals surface area contributed by atoms with E-state index in [2.05, 4.69) is 15.9 Å². The van der Waals surface area contributed by atoms with Crippen molar-refractivity contribution in [3.8, 4) is 11.1 Å². The fraction of sp³-hybridized carbons (Fsp3) is 0.133. The van der Waals surface area contributed by atoms with Gasteiger partial charge in [-0.25, -0.2) is 4.79 Å². The molecule has 18 heavy (non-hydrogen) atoms. The van der Waals surface area contributed by atoms with E-state index in [1.54, 1.807) is 6.07 Å². The van der Waals surface area contributed by atoms with Crippen LogP contribution in [0.3, 0.4) is 0 Å². The average molecular weight is 305 g/mol. The summed E-state index contributed by atoms with van der Waals surface area (Å²) in [4.78, 5) is 11.5. The molecule has 1 atom stereocenters.